The second-order valence-electron chi connectivity index (χ2n) is 7.86. The fourth-order valence-electron chi connectivity index (χ4n) is 3.51. The van der Waals surface area contributed by atoms with E-state index in [-0.39, 0.29) is 18.5 Å². The molecule has 5 nitrogen and oxygen atoms in total. The monoisotopic (exact) mass is 436 g/mol. The lowest BCUT2D eigenvalue weighted by atomic mass is 9.99. The maximum atomic E-state index is 12.7. The quantitative estimate of drug-likeness (QED) is 0.581. The van der Waals surface area contributed by atoms with Crippen LogP contribution in [-0.4, -0.2) is 20.6 Å². The van der Waals surface area contributed by atoms with E-state index in [1.807, 2.05) is 26.8 Å². The minimum atomic E-state index is -3.44. The van der Waals surface area contributed by atoms with Crippen LogP contribution in [0.3, 0.4) is 0 Å². The average Bonchev–Trinajstić information content (AvgIpc) is 2.73. The van der Waals surface area contributed by atoms with Crippen molar-refractivity contribution in [2.24, 2.45) is 0 Å². The molecule has 1 N–H and O–H groups in total. The number of carbonyl (C=O) groups is 1. The molecule has 0 radical (unpaired) electrons. The molecule has 1 unspecified atom stereocenters. The first-order chi connectivity index (χ1) is 14.6. The van der Waals surface area contributed by atoms with Gasteiger partial charge in [0, 0.05) is 5.56 Å². The first-order valence-electron chi connectivity index (χ1n) is 10.1. The van der Waals surface area contributed by atoms with Gasteiger partial charge in [0.05, 0.1) is 24.5 Å². The molecule has 0 saturated carbocycles. The van der Waals surface area contributed by atoms with Crippen molar-refractivity contribution < 1.29 is 13.2 Å². The summed E-state index contributed by atoms with van der Waals surface area (Å²) >= 11 is 0. The molecular weight excluding hydrogens is 408 g/mol. The normalized spacial score (nSPS) is 12.3. The molecule has 1 amide bonds. The van der Waals surface area contributed by atoms with E-state index in [9.17, 15) is 13.2 Å². The number of carbonyl (C=O) groups excluding carboxylic acids is 1. The number of hydrogen-bond acceptors (Lipinski definition) is 3. The summed E-state index contributed by atoms with van der Waals surface area (Å²) < 4.78 is 25.9. The van der Waals surface area contributed by atoms with Crippen molar-refractivity contribution in [3.8, 4) is 0 Å². The van der Waals surface area contributed by atoms with E-state index in [1.54, 1.807) is 48.5 Å². The van der Waals surface area contributed by atoms with Crippen LogP contribution in [0.4, 0.5) is 5.69 Å². The lowest BCUT2D eigenvalue weighted by Crippen LogP contribution is -2.29. The summed E-state index contributed by atoms with van der Waals surface area (Å²) in [7, 11) is -3.44. The number of anilines is 1. The second-order valence-corrected chi connectivity index (χ2v) is 9.76. The fourth-order valence-corrected chi connectivity index (χ4v) is 4.39. The maximum absolute atomic E-state index is 12.7. The summed E-state index contributed by atoms with van der Waals surface area (Å²) in [5.41, 5.74) is 5.32. The molecule has 6 heteroatoms. The van der Waals surface area contributed by atoms with Gasteiger partial charge in [-0.25, -0.2) is 8.42 Å². The van der Waals surface area contributed by atoms with Crippen LogP contribution in [0, 0.1) is 13.8 Å². The smallest absolute Gasteiger partial charge is 0.251 e. The van der Waals surface area contributed by atoms with E-state index >= 15 is 0 Å². The van der Waals surface area contributed by atoms with Gasteiger partial charge in [0.1, 0.15) is 0 Å². The average molecular weight is 437 g/mol. The third-order valence-electron chi connectivity index (χ3n) is 5.24. The van der Waals surface area contributed by atoms with Crippen molar-refractivity contribution >= 4 is 21.6 Å². The van der Waals surface area contributed by atoms with Crippen molar-refractivity contribution in [2.75, 3.05) is 10.6 Å². The standard InChI is InChI=1S/C25H28N2O3S/c1-18-10-11-19(2)24(16-18)20(3)26-25(28)22-14-12-21(13-15-22)17-27(31(4,29)30)23-8-6-5-7-9-23/h5-16,20H,17H2,1-4H3,(H,26,28). The summed E-state index contributed by atoms with van der Waals surface area (Å²) in [6, 6.07) is 22.1. The van der Waals surface area contributed by atoms with Crippen molar-refractivity contribution in [1.82, 2.24) is 5.32 Å². The summed E-state index contributed by atoms with van der Waals surface area (Å²) in [6.45, 7) is 6.24. The Labute approximate surface area is 184 Å². The Hall–Kier alpha value is -3.12. The Bertz CT molecular complexity index is 1160. The molecular formula is C25H28N2O3S. The van der Waals surface area contributed by atoms with Gasteiger partial charge in [0.2, 0.25) is 10.0 Å². The van der Waals surface area contributed by atoms with E-state index in [2.05, 4.69) is 23.5 Å². The van der Waals surface area contributed by atoms with Crippen LogP contribution in [0.1, 0.15) is 45.6 Å². The van der Waals surface area contributed by atoms with Crippen molar-refractivity contribution in [3.05, 3.63) is 101 Å². The van der Waals surface area contributed by atoms with Gasteiger partial charge in [-0.15, -0.1) is 0 Å². The Kier molecular flexibility index (Phi) is 6.81. The van der Waals surface area contributed by atoms with Gasteiger partial charge in [-0.05, 0) is 61.7 Å². The molecule has 0 aliphatic rings. The Morgan fingerprint density at radius 3 is 2.23 bits per heavy atom. The van der Waals surface area contributed by atoms with Crippen LogP contribution in [0.25, 0.3) is 0 Å². The third-order valence-corrected chi connectivity index (χ3v) is 6.38. The highest BCUT2D eigenvalue weighted by Crippen LogP contribution is 2.21. The Morgan fingerprint density at radius 2 is 1.61 bits per heavy atom. The lowest BCUT2D eigenvalue weighted by Gasteiger charge is -2.22. The highest BCUT2D eigenvalue weighted by atomic mass is 32.2. The minimum absolute atomic E-state index is 0.120. The molecule has 0 fully saturated rings. The van der Waals surface area contributed by atoms with Gasteiger partial charge in [-0.2, -0.15) is 0 Å². The van der Waals surface area contributed by atoms with E-state index in [0.29, 0.717) is 11.3 Å². The molecule has 0 aliphatic carbocycles. The van der Waals surface area contributed by atoms with Crippen LogP contribution in [-0.2, 0) is 16.6 Å². The lowest BCUT2D eigenvalue weighted by molar-refractivity contribution is 0.0940. The van der Waals surface area contributed by atoms with E-state index < -0.39 is 10.0 Å². The molecule has 0 heterocycles. The predicted molar refractivity (Wildman–Crippen MR) is 126 cm³/mol. The molecule has 0 aromatic heterocycles. The van der Waals surface area contributed by atoms with Crippen molar-refractivity contribution in [3.63, 3.8) is 0 Å². The zero-order chi connectivity index (χ0) is 22.6. The number of nitrogens with zero attached hydrogens (tertiary/aromatic N) is 1. The molecule has 0 saturated heterocycles. The number of rotatable bonds is 7. The van der Waals surface area contributed by atoms with Crippen LogP contribution >= 0.6 is 0 Å². The van der Waals surface area contributed by atoms with Gasteiger partial charge in [0.15, 0.2) is 0 Å². The highest BCUT2D eigenvalue weighted by Gasteiger charge is 2.18. The van der Waals surface area contributed by atoms with Crippen LogP contribution in [0.2, 0.25) is 0 Å². The third kappa shape index (κ3) is 5.73. The summed E-state index contributed by atoms with van der Waals surface area (Å²) in [6.07, 6.45) is 1.19. The van der Waals surface area contributed by atoms with Crippen molar-refractivity contribution in [1.29, 1.82) is 0 Å². The first kappa shape index (κ1) is 22.6. The molecule has 3 aromatic rings. The second kappa shape index (κ2) is 9.35. The fraction of sp³-hybridized carbons (Fsp3) is 0.240. The zero-order valence-corrected chi connectivity index (χ0v) is 19.1. The highest BCUT2D eigenvalue weighted by molar-refractivity contribution is 7.92. The summed E-state index contributed by atoms with van der Waals surface area (Å²) in [4.78, 5) is 12.7. The van der Waals surface area contributed by atoms with Crippen LogP contribution in [0.15, 0.2) is 72.8 Å². The minimum Gasteiger partial charge on any atom is -0.346 e. The van der Waals surface area contributed by atoms with Gasteiger partial charge in [-0.3, -0.25) is 9.10 Å². The first-order valence-corrected chi connectivity index (χ1v) is 12.0. The maximum Gasteiger partial charge on any atom is 0.251 e. The number of sulfonamides is 1. The SMILES string of the molecule is Cc1ccc(C)c(C(C)NC(=O)c2ccc(CN(c3ccccc3)S(C)(=O)=O)cc2)c1. The number of amides is 1. The van der Waals surface area contributed by atoms with E-state index in [4.69, 9.17) is 0 Å². The largest absolute Gasteiger partial charge is 0.346 e. The number of hydrogen-bond donors (Lipinski definition) is 1. The molecule has 0 bridgehead atoms. The Balaban J connectivity index is 1.73. The topological polar surface area (TPSA) is 66.5 Å². The summed E-state index contributed by atoms with van der Waals surface area (Å²) in [5, 5.41) is 3.05. The number of nitrogens with one attached hydrogen (secondary N) is 1. The number of para-hydroxylation sites is 1. The van der Waals surface area contributed by atoms with Gasteiger partial charge >= 0.3 is 0 Å². The number of benzene rings is 3. The molecule has 31 heavy (non-hydrogen) atoms. The van der Waals surface area contributed by atoms with Crippen LogP contribution in [0.5, 0.6) is 0 Å². The molecule has 0 aliphatic heterocycles. The van der Waals surface area contributed by atoms with E-state index in [1.165, 1.54) is 10.6 Å². The molecule has 162 valence electrons. The van der Waals surface area contributed by atoms with Gasteiger partial charge in [0.25, 0.3) is 5.91 Å². The molecule has 3 rings (SSSR count). The van der Waals surface area contributed by atoms with E-state index in [0.717, 1.165) is 22.3 Å². The zero-order valence-electron chi connectivity index (χ0n) is 18.3. The van der Waals surface area contributed by atoms with Crippen molar-refractivity contribution in [2.45, 2.75) is 33.4 Å². The number of aryl methyl sites for hydroxylation is 2. The predicted octanol–water partition coefficient (Wildman–Crippen LogP) is 4.76. The summed E-state index contributed by atoms with van der Waals surface area (Å²) in [5.74, 6) is -0.164. The molecule has 0 spiro atoms. The molecule has 3 aromatic carbocycles. The molecule has 1 atom stereocenters. The Morgan fingerprint density at radius 1 is 0.968 bits per heavy atom. The van der Waals surface area contributed by atoms with Gasteiger partial charge in [-0.1, -0.05) is 54.1 Å². The van der Waals surface area contributed by atoms with Crippen LogP contribution < -0.4 is 9.62 Å². The van der Waals surface area contributed by atoms with Gasteiger partial charge < -0.3 is 5.32 Å².